The van der Waals surface area contributed by atoms with Crippen molar-refractivity contribution in [1.82, 2.24) is 9.13 Å². The van der Waals surface area contributed by atoms with Gasteiger partial charge in [0.25, 0.3) is 5.56 Å². The van der Waals surface area contributed by atoms with Crippen molar-refractivity contribution in [3.8, 4) is 5.75 Å². The van der Waals surface area contributed by atoms with E-state index in [2.05, 4.69) is 112 Å². The van der Waals surface area contributed by atoms with Gasteiger partial charge in [0, 0.05) is 39.2 Å². The molecule has 1 aliphatic carbocycles. The van der Waals surface area contributed by atoms with Crippen molar-refractivity contribution < 1.29 is 4.74 Å². The Hall–Kier alpha value is -4.46. The van der Waals surface area contributed by atoms with Crippen molar-refractivity contribution in [1.29, 1.82) is 0 Å². The Kier molecular flexibility index (Phi) is 6.73. The van der Waals surface area contributed by atoms with Gasteiger partial charge >= 0.3 is 0 Å². The standard InChI is InChI=1S/C37H28BrN3O2S/c1-43-28-17-12-25(13-18-28)35-31-19-14-24-6-2-3-8-30(24)34(31)39-37-41(35)36(42)33(44-37)20-26-22-40(32-9-5-4-7-29(26)32)21-23-10-15-27(38)16-11-23/h2-13,15-18,20,22,35H,14,19,21H2,1H3/b33-20-/t35-/m1/s1. The van der Waals surface area contributed by atoms with E-state index in [4.69, 9.17) is 9.73 Å². The molecule has 0 radical (unpaired) electrons. The Morgan fingerprint density at radius 2 is 1.73 bits per heavy atom. The molecule has 6 aromatic rings. The van der Waals surface area contributed by atoms with Crippen molar-refractivity contribution in [3.63, 3.8) is 0 Å². The highest BCUT2D eigenvalue weighted by Crippen LogP contribution is 2.41. The van der Waals surface area contributed by atoms with E-state index in [-0.39, 0.29) is 11.6 Å². The number of ether oxygens (including phenoxy) is 1. The fourth-order valence-corrected chi connectivity index (χ4v) is 7.81. The van der Waals surface area contributed by atoms with E-state index < -0.39 is 0 Å². The molecule has 44 heavy (non-hydrogen) atoms. The highest BCUT2D eigenvalue weighted by molar-refractivity contribution is 9.10. The molecule has 0 amide bonds. The summed E-state index contributed by atoms with van der Waals surface area (Å²) in [4.78, 5) is 20.2. The van der Waals surface area contributed by atoms with Gasteiger partial charge < -0.3 is 9.30 Å². The molecule has 0 saturated carbocycles. The van der Waals surface area contributed by atoms with Crippen molar-refractivity contribution in [2.24, 2.45) is 4.99 Å². The molecule has 7 heteroatoms. The second-order valence-corrected chi connectivity index (χ2v) is 13.2. The Labute approximate surface area is 266 Å². The average Bonchev–Trinajstić information content (AvgIpc) is 3.57. The molecule has 3 heterocycles. The lowest BCUT2D eigenvalue weighted by molar-refractivity contribution is 0.414. The van der Waals surface area contributed by atoms with Crippen LogP contribution in [0.2, 0.25) is 0 Å². The van der Waals surface area contributed by atoms with Crippen LogP contribution in [-0.4, -0.2) is 16.2 Å². The third-order valence-corrected chi connectivity index (χ3v) is 10.2. The summed E-state index contributed by atoms with van der Waals surface area (Å²) in [7, 11) is 1.67. The van der Waals surface area contributed by atoms with Gasteiger partial charge in [0.1, 0.15) is 5.75 Å². The number of aryl methyl sites for hydroxylation is 1. The molecule has 0 unspecified atom stereocenters. The Morgan fingerprint density at radius 3 is 2.55 bits per heavy atom. The largest absolute Gasteiger partial charge is 0.497 e. The number of rotatable bonds is 5. The first-order valence-electron chi connectivity index (χ1n) is 14.7. The Bertz CT molecular complexity index is 2270. The second kappa shape index (κ2) is 10.9. The maximum absolute atomic E-state index is 14.3. The number of hydrogen-bond acceptors (Lipinski definition) is 4. The molecule has 0 N–H and O–H groups in total. The molecule has 0 saturated heterocycles. The van der Waals surface area contributed by atoms with Crippen molar-refractivity contribution in [2.45, 2.75) is 25.4 Å². The summed E-state index contributed by atoms with van der Waals surface area (Å²) in [6, 6.07) is 33.2. The number of thiazole rings is 1. The molecule has 0 bridgehead atoms. The zero-order valence-electron chi connectivity index (χ0n) is 24.0. The van der Waals surface area contributed by atoms with Crippen LogP contribution in [0.5, 0.6) is 5.75 Å². The molecule has 1 aliphatic heterocycles. The molecule has 2 aliphatic rings. The predicted molar refractivity (Wildman–Crippen MR) is 181 cm³/mol. The van der Waals surface area contributed by atoms with Crippen LogP contribution in [-0.2, 0) is 13.0 Å². The van der Waals surface area contributed by atoms with Crippen LogP contribution < -0.4 is 19.6 Å². The van der Waals surface area contributed by atoms with Gasteiger partial charge in [0.2, 0.25) is 0 Å². The first kappa shape index (κ1) is 27.1. The van der Waals surface area contributed by atoms with Gasteiger partial charge in [-0.05, 0) is 71.5 Å². The smallest absolute Gasteiger partial charge is 0.271 e. The normalized spacial score (nSPS) is 16.0. The molecule has 2 aromatic heterocycles. The van der Waals surface area contributed by atoms with E-state index in [1.807, 2.05) is 22.8 Å². The first-order valence-corrected chi connectivity index (χ1v) is 16.3. The lowest BCUT2D eigenvalue weighted by Gasteiger charge is -2.30. The number of methoxy groups -OCH3 is 1. The van der Waals surface area contributed by atoms with Crippen LogP contribution in [0.3, 0.4) is 0 Å². The average molecular weight is 659 g/mol. The summed E-state index contributed by atoms with van der Waals surface area (Å²) in [5.41, 5.74) is 9.10. The van der Waals surface area contributed by atoms with Gasteiger partial charge in [-0.3, -0.25) is 9.36 Å². The number of nitrogens with zero attached hydrogens (tertiary/aromatic N) is 3. The highest BCUT2D eigenvalue weighted by Gasteiger charge is 2.32. The summed E-state index contributed by atoms with van der Waals surface area (Å²) >= 11 is 5.01. The first-order chi connectivity index (χ1) is 21.6. The molecule has 216 valence electrons. The van der Waals surface area contributed by atoms with Crippen LogP contribution in [0.1, 0.15) is 40.3 Å². The summed E-state index contributed by atoms with van der Waals surface area (Å²) in [6.07, 6.45) is 6.00. The number of allylic oxidation sites excluding steroid dienone is 1. The molecule has 0 spiro atoms. The summed E-state index contributed by atoms with van der Waals surface area (Å²) in [5, 5.41) is 1.12. The number of halogens is 1. The van der Waals surface area contributed by atoms with Crippen LogP contribution in [0.4, 0.5) is 0 Å². The molecular formula is C37H28BrN3O2S. The van der Waals surface area contributed by atoms with Crippen LogP contribution in [0.25, 0.3) is 22.7 Å². The van der Waals surface area contributed by atoms with E-state index in [9.17, 15) is 4.79 Å². The van der Waals surface area contributed by atoms with Crippen molar-refractivity contribution in [2.75, 3.05) is 7.11 Å². The zero-order valence-corrected chi connectivity index (χ0v) is 26.4. The summed E-state index contributed by atoms with van der Waals surface area (Å²) in [6.45, 7) is 0.743. The SMILES string of the molecule is COc1ccc([C@@H]2C3=C(N=c4s/c(=C\c5cn(Cc6ccc(Br)cc6)c6ccccc56)c(=O)n42)c2ccccc2CC3)cc1. The van der Waals surface area contributed by atoms with E-state index in [0.717, 1.165) is 62.1 Å². The number of benzene rings is 4. The fourth-order valence-electron chi connectivity index (χ4n) is 6.56. The van der Waals surface area contributed by atoms with Gasteiger partial charge in [0.15, 0.2) is 4.80 Å². The minimum Gasteiger partial charge on any atom is -0.497 e. The number of hydrogen-bond donors (Lipinski definition) is 0. The quantitative estimate of drug-likeness (QED) is 0.199. The zero-order chi connectivity index (χ0) is 29.8. The Balaban J connectivity index is 1.31. The topological polar surface area (TPSA) is 48.5 Å². The van der Waals surface area contributed by atoms with E-state index in [0.29, 0.717) is 4.53 Å². The highest BCUT2D eigenvalue weighted by atomic mass is 79.9. The van der Waals surface area contributed by atoms with Gasteiger partial charge in [-0.15, -0.1) is 0 Å². The predicted octanol–water partition coefficient (Wildman–Crippen LogP) is 7.09. The summed E-state index contributed by atoms with van der Waals surface area (Å²) in [5.74, 6) is 0.795. The Morgan fingerprint density at radius 1 is 0.955 bits per heavy atom. The van der Waals surface area contributed by atoms with E-state index >= 15 is 0 Å². The number of fused-ring (bicyclic) bond motifs is 4. The molecule has 0 fully saturated rings. The minimum atomic E-state index is -0.221. The maximum atomic E-state index is 14.3. The van der Waals surface area contributed by atoms with Gasteiger partial charge in [-0.25, -0.2) is 4.99 Å². The van der Waals surface area contributed by atoms with Crippen molar-refractivity contribution >= 4 is 49.9 Å². The van der Waals surface area contributed by atoms with Crippen LogP contribution in [0, 0.1) is 0 Å². The maximum Gasteiger partial charge on any atom is 0.271 e. The van der Waals surface area contributed by atoms with E-state index in [1.54, 1.807) is 7.11 Å². The van der Waals surface area contributed by atoms with Crippen molar-refractivity contribution in [3.05, 3.63) is 161 Å². The molecule has 4 aromatic carbocycles. The summed E-state index contributed by atoms with van der Waals surface area (Å²) < 4.78 is 11.4. The van der Waals surface area contributed by atoms with Gasteiger partial charge in [0.05, 0.1) is 23.4 Å². The van der Waals surface area contributed by atoms with Gasteiger partial charge in [-0.1, -0.05) is 94.0 Å². The lowest BCUT2D eigenvalue weighted by atomic mass is 9.83. The third-order valence-electron chi connectivity index (χ3n) is 8.68. The molecular weight excluding hydrogens is 630 g/mol. The van der Waals surface area contributed by atoms with Gasteiger partial charge in [-0.2, -0.15) is 0 Å². The van der Waals surface area contributed by atoms with Crippen LogP contribution >= 0.6 is 27.3 Å². The minimum absolute atomic E-state index is 0.00952. The molecule has 8 rings (SSSR count). The monoisotopic (exact) mass is 657 g/mol. The third kappa shape index (κ3) is 4.59. The molecule has 1 atom stereocenters. The number of para-hydroxylation sites is 1. The van der Waals surface area contributed by atoms with E-state index in [1.165, 1.54) is 33.6 Å². The molecule has 5 nitrogen and oxygen atoms in total. The van der Waals surface area contributed by atoms with Crippen LogP contribution in [0.15, 0.2) is 123 Å². The fraction of sp³-hybridized carbons (Fsp3) is 0.135. The number of aromatic nitrogens is 2. The lowest BCUT2D eigenvalue weighted by Crippen LogP contribution is -2.38. The second-order valence-electron chi connectivity index (χ2n) is 11.2.